The van der Waals surface area contributed by atoms with Crippen LogP contribution >= 0.6 is 0 Å². The Kier molecular flexibility index (Phi) is 3.86. The van der Waals surface area contributed by atoms with Crippen molar-refractivity contribution in [1.82, 2.24) is 19.7 Å². The van der Waals surface area contributed by atoms with Gasteiger partial charge in [0.1, 0.15) is 0 Å². The molecule has 0 fully saturated rings. The molecule has 0 aliphatic carbocycles. The summed E-state index contributed by atoms with van der Waals surface area (Å²) in [6.07, 6.45) is 6.85. The van der Waals surface area contributed by atoms with Crippen LogP contribution in [0.3, 0.4) is 0 Å². The van der Waals surface area contributed by atoms with Crippen LogP contribution in [0.4, 0.5) is 11.4 Å². The molecule has 0 bridgehead atoms. The number of benzene rings is 2. The summed E-state index contributed by atoms with van der Waals surface area (Å²) in [5.41, 5.74) is 7.47. The van der Waals surface area contributed by atoms with E-state index in [0.717, 1.165) is 50.7 Å². The molecule has 1 aliphatic heterocycles. The molecule has 0 spiro atoms. The lowest BCUT2D eigenvalue weighted by Gasteiger charge is -2.12. The van der Waals surface area contributed by atoms with Gasteiger partial charge in [-0.2, -0.15) is 0 Å². The Balaban J connectivity index is 1.34. The van der Waals surface area contributed by atoms with E-state index in [9.17, 15) is 4.79 Å². The van der Waals surface area contributed by atoms with Crippen LogP contribution in [0.5, 0.6) is 0 Å². The second-order valence-corrected chi connectivity index (χ2v) is 7.38. The molecule has 0 radical (unpaired) electrons. The number of imidazole rings is 1. The lowest BCUT2D eigenvalue weighted by molar-refractivity contribution is 0.0966. The van der Waals surface area contributed by atoms with Crippen LogP contribution in [0.2, 0.25) is 0 Å². The zero-order chi connectivity index (χ0) is 20.8. The second-order valence-electron chi connectivity index (χ2n) is 7.38. The third-order valence-electron chi connectivity index (χ3n) is 5.51. The maximum absolute atomic E-state index is 11.8. The maximum atomic E-state index is 11.8. The number of carbonyl (C=O) groups is 1. The molecule has 4 heterocycles. The molecule has 1 amide bonds. The number of pyridine rings is 1. The Hall–Kier alpha value is -4.39. The average molecular weight is 407 g/mol. The van der Waals surface area contributed by atoms with Gasteiger partial charge in [0.05, 0.1) is 17.6 Å². The molecule has 2 aromatic carbocycles. The van der Waals surface area contributed by atoms with Crippen molar-refractivity contribution in [3.63, 3.8) is 0 Å². The summed E-state index contributed by atoms with van der Waals surface area (Å²) in [4.78, 5) is 20.4. The van der Waals surface area contributed by atoms with Crippen molar-refractivity contribution in [1.29, 1.82) is 0 Å². The summed E-state index contributed by atoms with van der Waals surface area (Å²) in [7, 11) is 0. The smallest absolute Gasteiger partial charge is 0.251 e. The van der Waals surface area contributed by atoms with Crippen LogP contribution in [0, 0.1) is 0 Å². The number of oxazole rings is 1. The SMILES string of the molecule is O=C1NCc2cc(-c3ccc(Nc4ccc(-c5cnco5)cc4)c4nccn34)ccc21. The minimum absolute atomic E-state index is 0.0109. The third kappa shape index (κ3) is 2.95. The van der Waals surface area contributed by atoms with Gasteiger partial charge < -0.3 is 15.1 Å². The summed E-state index contributed by atoms with van der Waals surface area (Å²) in [5, 5.41) is 6.32. The van der Waals surface area contributed by atoms with Crippen molar-refractivity contribution < 1.29 is 9.21 Å². The van der Waals surface area contributed by atoms with Gasteiger partial charge in [0.15, 0.2) is 17.8 Å². The van der Waals surface area contributed by atoms with Crippen molar-refractivity contribution in [2.45, 2.75) is 6.54 Å². The molecular formula is C24H17N5O2. The van der Waals surface area contributed by atoms with Crippen LogP contribution in [-0.2, 0) is 6.54 Å². The number of amides is 1. The molecule has 0 atom stereocenters. The summed E-state index contributed by atoms with van der Waals surface area (Å²) in [6, 6.07) is 18.0. The van der Waals surface area contributed by atoms with E-state index >= 15 is 0 Å². The predicted molar refractivity (Wildman–Crippen MR) is 117 cm³/mol. The Morgan fingerprint density at radius 3 is 2.74 bits per heavy atom. The van der Waals surface area contributed by atoms with Crippen LogP contribution in [-0.4, -0.2) is 20.3 Å². The monoisotopic (exact) mass is 407 g/mol. The Morgan fingerprint density at radius 2 is 1.90 bits per heavy atom. The molecule has 150 valence electrons. The number of hydrogen-bond acceptors (Lipinski definition) is 5. The van der Waals surface area contributed by atoms with Gasteiger partial charge in [0.25, 0.3) is 5.91 Å². The first kappa shape index (κ1) is 17.5. The predicted octanol–water partition coefficient (Wildman–Crippen LogP) is 4.64. The highest BCUT2D eigenvalue weighted by molar-refractivity contribution is 5.99. The minimum atomic E-state index is -0.0109. The fourth-order valence-corrected chi connectivity index (χ4v) is 3.97. The first-order valence-electron chi connectivity index (χ1n) is 9.90. The van der Waals surface area contributed by atoms with Gasteiger partial charge in [-0.15, -0.1) is 0 Å². The highest BCUT2D eigenvalue weighted by atomic mass is 16.3. The molecule has 7 nitrogen and oxygen atoms in total. The Bertz CT molecular complexity index is 1420. The van der Waals surface area contributed by atoms with E-state index < -0.39 is 0 Å². The summed E-state index contributed by atoms with van der Waals surface area (Å²) >= 11 is 0. The van der Waals surface area contributed by atoms with Gasteiger partial charge >= 0.3 is 0 Å². The van der Waals surface area contributed by atoms with Crippen LogP contribution in [0.1, 0.15) is 15.9 Å². The van der Waals surface area contributed by atoms with Gasteiger partial charge in [0, 0.05) is 35.8 Å². The van der Waals surface area contributed by atoms with E-state index in [1.54, 1.807) is 12.4 Å². The van der Waals surface area contributed by atoms with Crippen molar-refractivity contribution in [2.24, 2.45) is 0 Å². The second kappa shape index (κ2) is 6.84. The van der Waals surface area contributed by atoms with Crippen LogP contribution in [0.25, 0.3) is 28.2 Å². The third-order valence-corrected chi connectivity index (χ3v) is 5.51. The molecule has 0 saturated heterocycles. The topological polar surface area (TPSA) is 84.5 Å². The molecule has 7 heteroatoms. The number of hydrogen-bond donors (Lipinski definition) is 2. The Labute approximate surface area is 177 Å². The van der Waals surface area contributed by atoms with Crippen LogP contribution < -0.4 is 10.6 Å². The molecule has 6 rings (SSSR count). The van der Waals surface area contributed by atoms with Crippen molar-refractivity contribution >= 4 is 22.9 Å². The van der Waals surface area contributed by atoms with Crippen molar-refractivity contribution in [2.75, 3.05) is 5.32 Å². The summed E-state index contributed by atoms with van der Waals surface area (Å²) in [5.74, 6) is 0.723. The number of fused-ring (bicyclic) bond motifs is 2. The number of anilines is 2. The highest BCUT2D eigenvalue weighted by Crippen LogP contribution is 2.30. The van der Waals surface area contributed by atoms with Crippen molar-refractivity contribution in [3.8, 4) is 22.6 Å². The van der Waals surface area contributed by atoms with Gasteiger partial charge in [-0.1, -0.05) is 6.07 Å². The zero-order valence-electron chi connectivity index (χ0n) is 16.4. The summed E-state index contributed by atoms with van der Waals surface area (Å²) in [6.45, 7) is 0.568. The maximum Gasteiger partial charge on any atom is 0.251 e. The van der Waals surface area contributed by atoms with Gasteiger partial charge in [-0.3, -0.25) is 9.20 Å². The minimum Gasteiger partial charge on any atom is -0.444 e. The Morgan fingerprint density at radius 1 is 1.03 bits per heavy atom. The van der Waals surface area contributed by atoms with E-state index in [2.05, 4.69) is 37.1 Å². The van der Waals surface area contributed by atoms with Gasteiger partial charge in [-0.25, -0.2) is 9.97 Å². The number of rotatable bonds is 4. The molecule has 1 aliphatic rings. The zero-order valence-corrected chi connectivity index (χ0v) is 16.4. The van der Waals surface area contributed by atoms with E-state index in [-0.39, 0.29) is 5.91 Å². The van der Waals surface area contributed by atoms with Gasteiger partial charge in [-0.05, 0) is 59.7 Å². The summed E-state index contributed by atoms with van der Waals surface area (Å²) < 4.78 is 7.40. The number of carbonyl (C=O) groups excluding carboxylic acids is 1. The fourth-order valence-electron chi connectivity index (χ4n) is 3.97. The number of aromatic nitrogens is 3. The quantitative estimate of drug-likeness (QED) is 0.453. The number of nitrogens with one attached hydrogen (secondary N) is 2. The first-order chi connectivity index (χ1) is 15.3. The molecule has 0 unspecified atom stereocenters. The molecular weight excluding hydrogens is 390 g/mol. The molecule has 3 aromatic heterocycles. The van der Waals surface area contributed by atoms with Gasteiger partial charge in [0.2, 0.25) is 0 Å². The lowest BCUT2D eigenvalue weighted by Crippen LogP contribution is -2.12. The molecule has 31 heavy (non-hydrogen) atoms. The van der Waals surface area contributed by atoms with Crippen molar-refractivity contribution in [3.05, 3.63) is 90.7 Å². The van der Waals surface area contributed by atoms with Crippen LogP contribution in [0.15, 0.2) is 84.0 Å². The average Bonchev–Trinajstić information content (AvgIpc) is 3.56. The largest absolute Gasteiger partial charge is 0.444 e. The van der Waals surface area contributed by atoms with E-state index in [1.165, 1.54) is 6.39 Å². The van der Waals surface area contributed by atoms with E-state index in [1.807, 2.05) is 48.7 Å². The molecule has 5 aromatic rings. The standard InChI is InChI=1S/C24H17N5O2/c30-24-19-6-3-16(11-17(19)12-27-24)21-8-7-20(23-26-9-10-29(21)23)28-18-4-1-15(2-5-18)22-13-25-14-31-22/h1-11,13-14,28H,12H2,(H,27,30). The highest BCUT2D eigenvalue weighted by Gasteiger charge is 2.19. The first-order valence-corrected chi connectivity index (χ1v) is 9.90. The van der Waals surface area contributed by atoms with E-state index in [4.69, 9.17) is 4.42 Å². The fraction of sp³-hybridized carbons (Fsp3) is 0.0417. The number of nitrogens with zero attached hydrogens (tertiary/aromatic N) is 3. The van der Waals surface area contributed by atoms with E-state index in [0.29, 0.717) is 6.54 Å². The normalized spacial score (nSPS) is 12.7. The molecule has 2 N–H and O–H groups in total. The lowest BCUT2D eigenvalue weighted by atomic mass is 10.0. The molecule has 0 saturated carbocycles.